The molecule has 1 saturated carbocycles. The summed E-state index contributed by atoms with van der Waals surface area (Å²) in [6.07, 6.45) is 5.20. The summed E-state index contributed by atoms with van der Waals surface area (Å²) >= 11 is 0. The summed E-state index contributed by atoms with van der Waals surface area (Å²) in [4.78, 5) is 16.9. The van der Waals surface area contributed by atoms with E-state index >= 15 is 0 Å². The molecule has 1 amide bonds. The SMILES string of the molecule is Cc1cc(C#N)c(F)cc1-c1c(C(=O)NC2CC2)nn2cccnc12. The van der Waals surface area contributed by atoms with Crippen molar-refractivity contribution in [3.05, 3.63) is 53.2 Å². The molecule has 1 fully saturated rings. The Balaban J connectivity index is 1.95. The molecule has 124 valence electrons. The van der Waals surface area contributed by atoms with E-state index in [0.29, 0.717) is 22.3 Å². The highest BCUT2D eigenvalue weighted by Gasteiger charge is 2.29. The molecule has 0 saturated heterocycles. The number of nitriles is 1. The van der Waals surface area contributed by atoms with Gasteiger partial charge in [-0.25, -0.2) is 13.9 Å². The first-order valence-electron chi connectivity index (χ1n) is 7.93. The molecule has 1 aliphatic rings. The Morgan fingerprint density at radius 2 is 2.24 bits per heavy atom. The van der Waals surface area contributed by atoms with Crippen LogP contribution >= 0.6 is 0 Å². The van der Waals surface area contributed by atoms with Crippen molar-refractivity contribution in [1.29, 1.82) is 5.26 Å². The van der Waals surface area contributed by atoms with E-state index in [4.69, 9.17) is 5.26 Å². The Bertz CT molecular complexity index is 1050. The van der Waals surface area contributed by atoms with Crippen molar-refractivity contribution in [3.63, 3.8) is 0 Å². The number of aromatic nitrogens is 3. The molecular formula is C18H14FN5O. The van der Waals surface area contributed by atoms with Gasteiger partial charge in [-0.05, 0) is 49.1 Å². The number of fused-ring (bicyclic) bond motifs is 1. The number of aryl methyl sites for hydroxylation is 1. The molecule has 7 heteroatoms. The van der Waals surface area contributed by atoms with Crippen molar-refractivity contribution in [1.82, 2.24) is 19.9 Å². The molecule has 0 bridgehead atoms. The summed E-state index contributed by atoms with van der Waals surface area (Å²) in [5.41, 5.74) is 2.30. The molecule has 0 aliphatic heterocycles. The number of halogens is 1. The predicted octanol–water partition coefficient (Wildman–Crippen LogP) is 2.61. The van der Waals surface area contributed by atoms with Gasteiger partial charge in [-0.3, -0.25) is 4.79 Å². The molecule has 4 rings (SSSR count). The fraction of sp³-hybridized carbons (Fsp3) is 0.222. The summed E-state index contributed by atoms with van der Waals surface area (Å²) < 4.78 is 15.7. The standard InChI is InChI=1S/C18H14FN5O/c1-10-7-11(9-20)14(19)8-13(10)15-16(18(25)22-12-3-4-12)23-24-6-2-5-21-17(15)24/h2,5-8,12H,3-4H2,1H3,(H,22,25). The fourth-order valence-corrected chi connectivity index (χ4v) is 2.81. The third-order valence-electron chi connectivity index (χ3n) is 4.23. The van der Waals surface area contributed by atoms with Gasteiger partial charge >= 0.3 is 0 Å². The second kappa shape index (κ2) is 5.67. The molecule has 6 nitrogen and oxygen atoms in total. The molecule has 1 aliphatic carbocycles. The quantitative estimate of drug-likeness (QED) is 0.797. The first-order valence-corrected chi connectivity index (χ1v) is 7.93. The van der Waals surface area contributed by atoms with Crippen molar-refractivity contribution < 1.29 is 9.18 Å². The maximum atomic E-state index is 14.2. The Morgan fingerprint density at radius 3 is 2.96 bits per heavy atom. The van der Waals surface area contributed by atoms with E-state index in [1.54, 1.807) is 25.4 Å². The van der Waals surface area contributed by atoms with Gasteiger partial charge < -0.3 is 5.32 Å². The van der Waals surface area contributed by atoms with Gasteiger partial charge in [0.25, 0.3) is 5.91 Å². The Morgan fingerprint density at radius 1 is 1.44 bits per heavy atom. The smallest absolute Gasteiger partial charge is 0.272 e. The highest BCUT2D eigenvalue weighted by atomic mass is 19.1. The molecule has 1 aromatic carbocycles. The third kappa shape index (κ3) is 2.62. The topological polar surface area (TPSA) is 83.1 Å². The van der Waals surface area contributed by atoms with Crippen LogP contribution in [0.1, 0.15) is 34.5 Å². The molecule has 0 unspecified atom stereocenters. The molecule has 0 radical (unpaired) electrons. The molecule has 2 heterocycles. The van der Waals surface area contributed by atoms with Crippen molar-refractivity contribution >= 4 is 11.6 Å². The minimum Gasteiger partial charge on any atom is -0.348 e. The lowest BCUT2D eigenvalue weighted by Gasteiger charge is -2.08. The third-order valence-corrected chi connectivity index (χ3v) is 4.23. The van der Waals surface area contributed by atoms with Crippen LogP contribution in [0.25, 0.3) is 16.8 Å². The van der Waals surface area contributed by atoms with E-state index in [0.717, 1.165) is 12.8 Å². The highest BCUT2D eigenvalue weighted by molar-refractivity contribution is 6.03. The van der Waals surface area contributed by atoms with Crippen molar-refractivity contribution in [3.8, 4) is 17.2 Å². The van der Waals surface area contributed by atoms with Gasteiger partial charge in [0.1, 0.15) is 11.9 Å². The van der Waals surface area contributed by atoms with Gasteiger partial charge in [0.2, 0.25) is 0 Å². The molecule has 2 aromatic heterocycles. The Kier molecular flexibility index (Phi) is 3.46. The number of nitrogens with one attached hydrogen (secondary N) is 1. The van der Waals surface area contributed by atoms with Crippen molar-refractivity contribution in [2.45, 2.75) is 25.8 Å². The van der Waals surface area contributed by atoms with Gasteiger partial charge in [0.15, 0.2) is 11.3 Å². The summed E-state index contributed by atoms with van der Waals surface area (Å²) in [7, 11) is 0. The van der Waals surface area contributed by atoms with Gasteiger partial charge in [0.05, 0.1) is 11.1 Å². The number of carbonyl (C=O) groups excluding carboxylic acids is 1. The number of carbonyl (C=O) groups is 1. The number of rotatable bonds is 3. The van der Waals surface area contributed by atoms with E-state index in [2.05, 4.69) is 15.4 Å². The highest BCUT2D eigenvalue weighted by Crippen LogP contribution is 2.32. The molecule has 3 aromatic rings. The average Bonchev–Trinajstić information content (AvgIpc) is 3.33. The van der Waals surface area contributed by atoms with Gasteiger partial charge in [-0.2, -0.15) is 10.4 Å². The lowest BCUT2D eigenvalue weighted by molar-refractivity contribution is 0.0946. The van der Waals surface area contributed by atoms with Crippen LogP contribution in [0.4, 0.5) is 4.39 Å². The number of nitrogens with zero attached hydrogens (tertiary/aromatic N) is 4. The normalized spacial score (nSPS) is 13.6. The zero-order valence-corrected chi connectivity index (χ0v) is 13.5. The lowest BCUT2D eigenvalue weighted by atomic mass is 9.97. The molecule has 25 heavy (non-hydrogen) atoms. The number of hydrogen-bond donors (Lipinski definition) is 1. The minimum absolute atomic E-state index is 0.0327. The molecule has 1 N–H and O–H groups in total. The van der Waals surface area contributed by atoms with E-state index in [-0.39, 0.29) is 23.2 Å². The molecule has 0 spiro atoms. The van der Waals surface area contributed by atoms with Crippen molar-refractivity contribution in [2.24, 2.45) is 0 Å². The summed E-state index contributed by atoms with van der Waals surface area (Å²) in [6.45, 7) is 1.77. The van der Waals surface area contributed by atoms with Crippen LogP contribution in [-0.4, -0.2) is 26.5 Å². The first kappa shape index (κ1) is 15.3. The van der Waals surface area contributed by atoms with E-state index in [1.807, 2.05) is 6.07 Å². The summed E-state index contributed by atoms with van der Waals surface area (Å²) in [6, 6.07) is 6.45. The Labute approximate surface area is 142 Å². The number of hydrogen-bond acceptors (Lipinski definition) is 4. The van der Waals surface area contributed by atoms with Gasteiger partial charge in [0, 0.05) is 18.4 Å². The zero-order valence-electron chi connectivity index (χ0n) is 13.5. The van der Waals surface area contributed by atoms with Crippen LogP contribution in [0.2, 0.25) is 0 Å². The van der Waals surface area contributed by atoms with E-state index < -0.39 is 5.82 Å². The fourth-order valence-electron chi connectivity index (χ4n) is 2.81. The van der Waals surface area contributed by atoms with E-state index in [9.17, 15) is 9.18 Å². The van der Waals surface area contributed by atoms with E-state index in [1.165, 1.54) is 16.6 Å². The van der Waals surface area contributed by atoms with Crippen LogP contribution in [-0.2, 0) is 0 Å². The van der Waals surface area contributed by atoms with Crippen LogP contribution in [0, 0.1) is 24.1 Å². The summed E-state index contributed by atoms with van der Waals surface area (Å²) in [5, 5.41) is 16.2. The minimum atomic E-state index is -0.632. The maximum Gasteiger partial charge on any atom is 0.272 e. The summed E-state index contributed by atoms with van der Waals surface area (Å²) in [5.74, 6) is -0.931. The molecular weight excluding hydrogens is 321 g/mol. The zero-order chi connectivity index (χ0) is 17.6. The lowest BCUT2D eigenvalue weighted by Crippen LogP contribution is -2.26. The number of benzene rings is 1. The maximum absolute atomic E-state index is 14.2. The largest absolute Gasteiger partial charge is 0.348 e. The number of amides is 1. The second-order valence-corrected chi connectivity index (χ2v) is 6.12. The van der Waals surface area contributed by atoms with Gasteiger partial charge in [-0.15, -0.1) is 0 Å². The van der Waals surface area contributed by atoms with Crippen LogP contribution in [0.3, 0.4) is 0 Å². The van der Waals surface area contributed by atoms with Crippen LogP contribution < -0.4 is 5.32 Å². The predicted molar refractivity (Wildman–Crippen MR) is 88.3 cm³/mol. The van der Waals surface area contributed by atoms with Crippen molar-refractivity contribution in [2.75, 3.05) is 0 Å². The molecule has 0 atom stereocenters. The van der Waals surface area contributed by atoms with Gasteiger partial charge in [-0.1, -0.05) is 0 Å². The monoisotopic (exact) mass is 335 g/mol. The average molecular weight is 335 g/mol. The Hall–Kier alpha value is -3.27. The second-order valence-electron chi connectivity index (χ2n) is 6.12. The van der Waals surface area contributed by atoms with Crippen LogP contribution in [0.5, 0.6) is 0 Å². The first-order chi connectivity index (χ1) is 12.1. The van der Waals surface area contributed by atoms with Crippen LogP contribution in [0.15, 0.2) is 30.6 Å².